The van der Waals surface area contributed by atoms with Gasteiger partial charge in [0.1, 0.15) is 19.3 Å². The Morgan fingerprint density at radius 3 is 1.75 bits per heavy atom. The molecule has 0 aliphatic rings. The van der Waals surface area contributed by atoms with Crippen molar-refractivity contribution >= 4 is 17.8 Å². The number of amides is 1. The summed E-state index contributed by atoms with van der Waals surface area (Å²) in [5, 5.41) is 2.68. The van der Waals surface area contributed by atoms with Gasteiger partial charge in [0, 0.05) is 12.0 Å². The molecule has 0 spiro atoms. The van der Waals surface area contributed by atoms with Gasteiger partial charge in [-0.25, -0.2) is 4.79 Å². The van der Waals surface area contributed by atoms with Gasteiger partial charge in [-0.3, -0.25) is 9.59 Å². The summed E-state index contributed by atoms with van der Waals surface area (Å²) in [6, 6.07) is 26.2. The molecule has 0 aliphatic carbocycles. The molecule has 3 rings (SSSR count). The van der Waals surface area contributed by atoms with E-state index in [0.29, 0.717) is 5.56 Å². The van der Waals surface area contributed by atoms with Gasteiger partial charge in [0.15, 0.2) is 0 Å². The SMILES string of the molecule is O=C(CCC(NC(=O)c1ccccc1)C(=O)OCc1ccccc1)OCc1ccccc1. The highest BCUT2D eigenvalue weighted by Crippen LogP contribution is 2.09. The van der Waals surface area contributed by atoms with Crippen molar-refractivity contribution < 1.29 is 23.9 Å². The van der Waals surface area contributed by atoms with Crippen molar-refractivity contribution in [1.82, 2.24) is 5.32 Å². The molecule has 0 bridgehead atoms. The first-order chi connectivity index (χ1) is 15.6. The number of carbonyl (C=O) groups excluding carboxylic acids is 3. The summed E-state index contributed by atoms with van der Waals surface area (Å²) in [6.45, 7) is 0.231. The fourth-order valence-electron chi connectivity index (χ4n) is 2.98. The number of hydrogen-bond donors (Lipinski definition) is 1. The van der Waals surface area contributed by atoms with Crippen LogP contribution >= 0.6 is 0 Å². The van der Waals surface area contributed by atoms with Crippen LogP contribution in [0, 0.1) is 0 Å². The van der Waals surface area contributed by atoms with Crippen LogP contribution in [0.2, 0.25) is 0 Å². The Bertz CT molecular complexity index is 1010. The molecule has 3 aromatic carbocycles. The standard InChI is InChI=1S/C26H25NO5/c28-24(31-18-20-10-4-1-5-11-20)17-16-23(27-25(29)22-14-8-3-9-15-22)26(30)32-19-21-12-6-2-7-13-21/h1-15,23H,16-19H2,(H,27,29). The third kappa shape index (κ3) is 7.40. The van der Waals surface area contributed by atoms with E-state index in [4.69, 9.17) is 9.47 Å². The lowest BCUT2D eigenvalue weighted by Crippen LogP contribution is -2.42. The van der Waals surface area contributed by atoms with Gasteiger partial charge in [-0.05, 0) is 29.7 Å². The quantitative estimate of drug-likeness (QED) is 0.490. The van der Waals surface area contributed by atoms with Crippen LogP contribution in [-0.4, -0.2) is 23.9 Å². The maximum atomic E-state index is 12.7. The first kappa shape index (κ1) is 22.7. The van der Waals surface area contributed by atoms with E-state index < -0.39 is 23.9 Å². The van der Waals surface area contributed by atoms with Crippen LogP contribution in [0.3, 0.4) is 0 Å². The molecule has 6 heteroatoms. The molecule has 0 saturated heterocycles. The summed E-state index contributed by atoms with van der Waals surface area (Å²) >= 11 is 0. The van der Waals surface area contributed by atoms with Crippen molar-refractivity contribution in [2.75, 3.05) is 0 Å². The minimum atomic E-state index is -0.976. The average Bonchev–Trinajstić information content (AvgIpc) is 2.85. The van der Waals surface area contributed by atoms with E-state index >= 15 is 0 Å². The predicted octanol–water partition coefficient (Wildman–Crippen LogP) is 4.05. The maximum Gasteiger partial charge on any atom is 0.328 e. The summed E-state index contributed by atoms with van der Waals surface area (Å²) in [4.78, 5) is 37.4. The minimum Gasteiger partial charge on any atom is -0.461 e. The third-order valence-electron chi connectivity index (χ3n) is 4.73. The molecular weight excluding hydrogens is 406 g/mol. The number of carbonyl (C=O) groups is 3. The molecule has 0 radical (unpaired) electrons. The molecule has 164 valence electrons. The van der Waals surface area contributed by atoms with E-state index in [0.717, 1.165) is 11.1 Å². The fourth-order valence-corrected chi connectivity index (χ4v) is 2.98. The van der Waals surface area contributed by atoms with Gasteiger partial charge >= 0.3 is 11.9 Å². The lowest BCUT2D eigenvalue weighted by atomic mass is 10.1. The van der Waals surface area contributed by atoms with Gasteiger partial charge in [-0.2, -0.15) is 0 Å². The Morgan fingerprint density at radius 1 is 0.688 bits per heavy atom. The van der Waals surface area contributed by atoms with Crippen molar-refractivity contribution in [2.45, 2.75) is 32.1 Å². The predicted molar refractivity (Wildman–Crippen MR) is 119 cm³/mol. The molecule has 0 saturated carbocycles. The van der Waals surface area contributed by atoms with Gasteiger partial charge in [0.2, 0.25) is 0 Å². The topological polar surface area (TPSA) is 81.7 Å². The zero-order valence-electron chi connectivity index (χ0n) is 17.6. The minimum absolute atomic E-state index is 0.0347. The summed E-state index contributed by atoms with van der Waals surface area (Å²) in [6.07, 6.45) is 0.0346. The molecule has 0 aliphatic heterocycles. The number of rotatable bonds is 10. The summed E-state index contributed by atoms with van der Waals surface area (Å²) < 4.78 is 10.7. The van der Waals surface area contributed by atoms with E-state index in [-0.39, 0.29) is 26.1 Å². The molecule has 3 aromatic rings. The van der Waals surface area contributed by atoms with Gasteiger partial charge in [-0.15, -0.1) is 0 Å². The molecular formula is C26H25NO5. The molecule has 1 amide bonds. The maximum absolute atomic E-state index is 12.7. The molecule has 6 nitrogen and oxygen atoms in total. The summed E-state index contributed by atoms with van der Waals surface area (Å²) in [5.74, 6) is -1.47. The second-order valence-electron chi connectivity index (χ2n) is 7.17. The Labute approximate surface area is 187 Å². The number of nitrogens with one attached hydrogen (secondary N) is 1. The van der Waals surface area contributed by atoms with E-state index in [1.807, 2.05) is 60.7 Å². The normalized spacial score (nSPS) is 11.2. The van der Waals surface area contributed by atoms with E-state index in [9.17, 15) is 14.4 Å². The van der Waals surface area contributed by atoms with Crippen LogP contribution in [-0.2, 0) is 32.3 Å². The molecule has 0 heterocycles. The fraction of sp³-hybridized carbons (Fsp3) is 0.192. The van der Waals surface area contributed by atoms with Crippen LogP contribution in [0.15, 0.2) is 91.0 Å². The van der Waals surface area contributed by atoms with Crippen molar-refractivity contribution in [3.05, 3.63) is 108 Å². The zero-order valence-corrected chi connectivity index (χ0v) is 17.6. The molecule has 32 heavy (non-hydrogen) atoms. The largest absolute Gasteiger partial charge is 0.461 e. The summed E-state index contributed by atoms with van der Waals surface area (Å²) in [5.41, 5.74) is 2.12. The molecule has 0 aromatic heterocycles. The highest BCUT2D eigenvalue weighted by atomic mass is 16.5. The molecule has 1 unspecified atom stereocenters. The molecule has 1 N–H and O–H groups in total. The monoisotopic (exact) mass is 431 g/mol. The highest BCUT2D eigenvalue weighted by Gasteiger charge is 2.24. The van der Waals surface area contributed by atoms with E-state index in [2.05, 4.69) is 5.32 Å². The first-order valence-corrected chi connectivity index (χ1v) is 10.4. The molecule has 0 fully saturated rings. The number of hydrogen-bond acceptors (Lipinski definition) is 5. The number of esters is 2. The van der Waals surface area contributed by atoms with Crippen LogP contribution in [0.5, 0.6) is 0 Å². The second-order valence-corrected chi connectivity index (χ2v) is 7.17. The third-order valence-corrected chi connectivity index (χ3v) is 4.73. The van der Waals surface area contributed by atoms with Crippen molar-refractivity contribution in [2.24, 2.45) is 0 Å². The van der Waals surface area contributed by atoms with Crippen LogP contribution in [0.4, 0.5) is 0 Å². The molecule has 1 atom stereocenters. The lowest BCUT2D eigenvalue weighted by Gasteiger charge is -2.18. The smallest absolute Gasteiger partial charge is 0.328 e. The first-order valence-electron chi connectivity index (χ1n) is 10.4. The number of ether oxygens (including phenoxy) is 2. The lowest BCUT2D eigenvalue weighted by molar-refractivity contribution is -0.148. The van der Waals surface area contributed by atoms with Crippen molar-refractivity contribution in [3.63, 3.8) is 0 Å². The van der Waals surface area contributed by atoms with Gasteiger partial charge in [0.25, 0.3) is 5.91 Å². The van der Waals surface area contributed by atoms with Gasteiger partial charge < -0.3 is 14.8 Å². The Balaban J connectivity index is 1.57. The Morgan fingerprint density at radius 2 is 1.19 bits per heavy atom. The summed E-state index contributed by atoms with van der Waals surface area (Å²) in [7, 11) is 0. The van der Waals surface area contributed by atoms with Crippen LogP contribution in [0.1, 0.15) is 34.3 Å². The number of benzene rings is 3. The van der Waals surface area contributed by atoms with Gasteiger partial charge in [-0.1, -0.05) is 78.9 Å². The van der Waals surface area contributed by atoms with E-state index in [1.54, 1.807) is 30.3 Å². The van der Waals surface area contributed by atoms with Crippen LogP contribution in [0.25, 0.3) is 0 Å². The van der Waals surface area contributed by atoms with Crippen molar-refractivity contribution in [3.8, 4) is 0 Å². The highest BCUT2D eigenvalue weighted by molar-refractivity contribution is 5.96. The van der Waals surface area contributed by atoms with Gasteiger partial charge in [0.05, 0.1) is 0 Å². The van der Waals surface area contributed by atoms with Crippen molar-refractivity contribution in [1.29, 1.82) is 0 Å². The Hall–Kier alpha value is -3.93. The zero-order chi connectivity index (χ0) is 22.6. The Kier molecular flexibility index (Phi) is 8.57. The van der Waals surface area contributed by atoms with E-state index in [1.165, 1.54) is 0 Å². The average molecular weight is 431 g/mol. The van der Waals surface area contributed by atoms with Crippen LogP contribution < -0.4 is 5.32 Å². The second kappa shape index (κ2) is 12.1.